The summed E-state index contributed by atoms with van der Waals surface area (Å²) in [5, 5.41) is 9.12. The van der Waals surface area contributed by atoms with Crippen molar-refractivity contribution in [2.24, 2.45) is 0 Å². The molecule has 0 aliphatic rings. The molecule has 0 fully saturated rings. The molecule has 0 aliphatic carbocycles. The van der Waals surface area contributed by atoms with Crippen LogP contribution in [-0.2, 0) is 0 Å². The van der Waals surface area contributed by atoms with E-state index in [1.807, 2.05) is 16.8 Å². The Kier molecular flexibility index (Phi) is 3.74. The van der Waals surface area contributed by atoms with Crippen molar-refractivity contribution in [2.75, 3.05) is 10.6 Å². The van der Waals surface area contributed by atoms with Gasteiger partial charge < -0.3 is 10.6 Å². The number of thiophene rings is 1. The first-order valence-electron chi connectivity index (χ1n) is 5.36. The number of amides is 2. The second-order valence-corrected chi connectivity index (χ2v) is 4.50. The third-order valence-electron chi connectivity index (χ3n) is 2.33. The lowest BCUT2D eigenvalue weighted by Gasteiger charge is -2.06. The van der Waals surface area contributed by atoms with Gasteiger partial charge in [-0.05, 0) is 42.6 Å². The van der Waals surface area contributed by atoms with Crippen molar-refractivity contribution >= 4 is 34.5 Å². The Morgan fingerprint density at radius 2 is 1.67 bits per heavy atom. The molecule has 0 aliphatic heterocycles. The fraction of sp³-hybridized carbons (Fsp3) is 0.0769. The van der Waals surface area contributed by atoms with Gasteiger partial charge in [-0.2, -0.15) is 11.3 Å². The number of benzene rings is 1. The van der Waals surface area contributed by atoms with Crippen molar-refractivity contribution in [1.82, 2.24) is 0 Å². The highest BCUT2D eigenvalue weighted by molar-refractivity contribution is 7.08. The summed E-state index contributed by atoms with van der Waals surface area (Å²) in [6.07, 6.45) is 0. The summed E-state index contributed by atoms with van der Waals surface area (Å²) < 4.78 is 0. The van der Waals surface area contributed by atoms with Crippen LogP contribution in [0.15, 0.2) is 41.1 Å². The fourth-order valence-electron chi connectivity index (χ4n) is 1.42. The van der Waals surface area contributed by atoms with E-state index in [0.717, 1.165) is 5.69 Å². The van der Waals surface area contributed by atoms with Gasteiger partial charge >= 0.3 is 6.03 Å². The van der Waals surface area contributed by atoms with Gasteiger partial charge in [0.25, 0.3) is 0 Å². The maximum Gasteiger partial charge on any atom is 0.323 e. The number of carbonyl (C=O) groups excluding carboxylic acids is 2. The standard InChI is InChI=1S/C13H12N2O2S/c1-9(16)10-2-4-11(5-3-10)14-13(17)15-12-6-7-18-8-12/h2-8H,1H3,(H2,14,15,17). The molecule has 2 amide bonds. The molecule has 1 aromatic carbocycles. The molecular formula is C13H12N2O2S. The highest BCUT2D eigenvalue weighted by Crippen LogP contribution is 2.13. The van der Waals surface area contributed by atoms with Crippen molar-refractivity contribution in [2.45, 2.75) is 6.92 Å². The fourth-order valence-corrected chi connectivity index (χ4v) is 2.01. The topological polar surface area (TPSA) is 58.2 Å². The second kappa shape index (κ2) is 5.46. The minimum absolute atomic E-state index is 0.00396. The van der Waals surface area contributed by atoms with Crippen LogP contribution in [0.3, 0.4) is 0 Å². The van der Waals surface area contributed by atoms with Gasteiger partial charge in [-0.1, -0.05) is 0 Å². The summed E-state index contributed by atoms with van der Waals surface area (Å²) in [7, 11) is 0. The summed E-state index contributed by atoms with van der Waals surface area (Å²) in [4.78, 5) is 22.7. The van der Waals surface area contributed by atoms with E-state index >= 15 is 0 Å². The van der Waals surface area contributed by atoms with Gasteiger partial charge in [-0.3, -0.25) is 4.79 Å². The van der Waals surface area contributed by atoms with Gasteiger partial charge in [-0.25, -0.2) is 4.79 Å². The minimum Gasteiger partial charge on any atom is -0.308 e. The summed E-state index contributed by atoms with van der Waals surface area (Å²) >= 11 is 1.51. The molecule has 2 rings (SSSR count). The predicted molar refractivity (Wildman–Crippen MR) is 73.4 cm³/mol. The summed E-state index contributed by atoms with van der Waals surface area (Å²) in [5.41, 5.74) is 2.03. The number of carbonyl (C=O) groups is 2. The molecule has 18 heavy (non-hydrogen) atoms. The second-order valence-electron chi connectivity index (χ2n) is 3.72. The van der Waals surface area contributed by atoms with Crippen molar-refractivity contribution in [1.29, 1.82) is 0 Å². The molecule has 2 aromatic rings. The smallest absolute Gasteiger partial charge is 0.308 e. The van der Waals surface area contributed by atoms with E-state index in [2.05, 4.69) is 10.6 Å². The molecule has 2 N–H and O–H groups in total. The predicted octanol–water partition coefficient (Wildman–Crippen LogP) is 3.59. The normalized spacial score (nSPS) is 9.83. The Bertz CT molecular complexity index is 547. The first kappa shape index (κ1) is 12.3. The summed E-state index contributed by atoms with van der Waals surface area (Å²) in [6, 6.07) is 8.28. The lowest BCUT2D eigenvalue weighted by Crippen LogP contribution is -2.18. The molecule has 1 aromatic heterocycles. The van der Waals surface area contributed by atoms with E-state index in [9.17, 15) is 9.59 Å². The molecule has 92 valence electrons. The molecule has 0 atom stereocenters. The highest BCUT2D eigenvalue weighted by Gasteiger charge is 2.03. The molecule has 0 radical (unpaired) electrons. The lowest BCUT2D eigenvalue weighted by molar-refractivity contribution is 0.101. The van der Waals surface area contributed by atoms with E-state index < -0.39 is 0 Å². The van der Waals surface area contributed by atoms with Crippen LogP contribution >= 0.6 is 11.3 Å². The first-order chi connectivity index (χ1) is 8.65. The Hall–Kier alpha value is -2.14. The Morgan fingerprint density at radius 1 is 1.00 bits per heavy atom. The number of hydrogen-bond donors (Lipinski definition) is 2. The largest absolute Gasteiger partial charge is 0.323 e. The van der Waals surface area contributed by atoms with E-state index in [0.29, 0.717) is 11.3 Å². The van der Waals surface area contributed by atoms with Gasteiger partial charge in [-0.15, -0.1) is 0 Å². The zero-order valence-corrected chi connectivity index (χ0v) is 10.6. The number of nitrogens with one attached hydrogen (secondary N) is 2. The number of hydrogen-bond acceptors (Lipinski definition) is 3. The summed E-state index contributed by atoms with van der Waals surface area (Å²) in [5.74, 6) is 0.00396. The van der Waals surface area contributed by atoms with Crippen LogP contribution in [0.5, 0.6) is 0 Å². The van der Waals surface area contributed by atoms with Crippen LogP contribution in [-0.4, -0.2) is 11.8 Å². The molecule has 0 saturated heterocycles. The molecule has 5 heteroatoms. The SMILES string of the molecule is CC(=O)c1ccc(NC(=O)Nc2ccsc2)cc1. The molecule has 0 bridgehead atoms. The van der Waals surface area contributed by atoms with Crippen molar-refractivity contribution in [3.63, 3.8) is 0 Å². The zero-order valence-electron chi connectivity index (χ0n) is 9.77. The van der Waals surface area contributed by atoms with Crippen LogP contribution in [0.25, 0.3) is 0 Å². The number of rotatable bonds is 3. The van der Waals surface area contributed by atoms with Crippen LogP contribution in [0, 0.1) is 0 Å². The first-order valence-corrected chi connectivity index (χ1v) is 6.30. The van der Waals surface area contributed by atoms with Crippen molar-refractivity contribution < 1.29 is 9.59 Å². The molecule has 0 saturated carbocycles. The van der Waals surface area contributed by atoms with Crippen LogP contribution in [0.4, 0.5) is 16.2 Å². The average molecular weight is 260 g/mol. The Labute approximate surface area is 109 Å². The third-order valence-corrected chi connectivity index (χ3v) is 3.01. The van der Waals surface area contributed by atoms with Gasteiger partial charge in [0.15, 0.2) is 5.78 Å². The lowest BCUT2D eigenvalue weighted by atomic mass is 10.1. The van der Waals surface area contributed by atoms with E-state index in [4.69, 9.17) is 0 Å². The van der Waals surface area contributed by atoms with Gasteiger partial charge in [0.1, 0.15) is 0 Å². The van der Waals surface area contributed by atoms with Crippen LogP contribution in [0.1, 0.15) is 17.3 Å². The maximum atomic E-state index is 11.6. The van der Waals surface area contributed by atoms with Crippen LogP contribution < -0.4 is 10.6 Å². The summed E-state index contributed by atoms with van der Waals surface area (Å²) in [6.45, 7) is 1.51. The molecular weight excluding hydrogens is 248 g/mol. The molecule has 1 heterocycles. The maximum absolute atomic E-state index is 11.6. The van der Waals surface area contributed by atoms with Gasteiger partial charge in [0.05, 0.1) is 5.69 Å². The zero-order chi connectivity index (χ0) is 13.0. The van der Waals surface area contributed by atoms with Crippen molar-refractivity contribution in [3.8, 4) is 0 Å². The number of Topliss-reactive ketones (excluding diaryl/α,β-unsaturated/α-hetero) is 1. The quantitative estimate of drug-likeness (QED) is 0.828. The van der Waals surface area contributed by atoms with E-state index in [-0.39, 0.29) is 11.8 Å². The van der Waals surface area contributed by atoms with Crippen molar-refractivity contribution in [3.05, 3.63) is 46.7 Å². The van der Waals surface area contributed by atoms with Gasteiger partial charge in [0.2, 0.25) is 0 Å². The number of urea groups is 1. The highest BCUT2D eigenvalue weighted by atomic mass is 32.1. The molecule has 4 nitrogen and oxygen atoms in total. The average Bonchev–Trinajstić information content (AvgIpc) is 2.82. The molecule has 0 spiro atoms. The van der Waals surface area contributed by atoms with E-state index in [1.54, 1.807) is 24.3 Å². The Morgan fingerprint density at radius 3 is 2.22 bits per heavy atom. The Balaban J connectivity index is 1.97. The third kappa shape index (κ3) is 3.18. The minimum atomic E-state index is -0.302. The monoisotopic (exact) mass is 260 g/mol. The van der Waals surface area contributed by atoms with Crippen LogP contribution in [0.2, 0.25) is 0 Å². The number of anilines is 2. The van der Waals surface area contributed by atoms with E-state index in [1.165, 1.54) is 18.3 Å². The number of ketones is 1. The molecule has 0 unspecified atom stereocenters. The van der Waals surface area contributed by atoms with Gasteiger partial charge in [0, 0.05) is 16.6 Å².